The monoisotopic (exact) mass is 368 g/mol. The van der Waals surface area contributed by atoms with Gasteiger partial charge in [0.05, 0.1) is 23.8 Å². The Kier molecular flexibility index (Phi) is 7.87. The number of piperazine rings is 1. The van der Waals surface area contributed by atoms with Crippen LogP contribution in [0.2, 0.25) is 0 Å². The molecule has 0 atom stereocenters. The smallest absolute Gasteiger partial charge is 0.313 e. The average Bonchev–Trinajstić information content (AvgIpc) is 2.62. The molecule has 1 N–H and O–H groups in total. The highest BCUT2D eigenvalue weighted by Gasteiger charge is 2.22. The van der Waals surface area contributed by atoms with Crippen LogP contribution in [-0.2, 0) is 14.3 Å². The molecular weight excluding hydrogens is 344 g/mol. The van der Waals surface area contributed by atoms with Crippen molar-refractivity contribution in [3.8, 4) is 5.75 Å². The largest absolute Gasteiger partial charge is 0.489 e. The maximum atomic E-state index is 12.1. The molecule has 8 heteroatoms. The van der Waals surface area contributed by atoms with Crippen molar-refractivity contribution in [1.29, 1.82) is 0 Å². The summed E-state index contributed by atoms with van der Waals surface area (Å²) >= 11 is 1.14. The maximum absolute atomic E-state index is 12.1. The molecule has 1 amide bonds. The molecule has 1 heterocycles. The van der Waals surface area contributed by atoms with Gasteiger partial charge in [-0.25, -0.2) is 0 Å². The summed E-state index contributed by atoms with van der Waals surface area (Å²) in [5.41, 5.74) is 1.02. The van der Waals surface area contributed by atoms with E-state index in [-0.39, 0.29) is 17.4 Å². The Bertz CT molecular complexity index is 576. The van der Waals surface area contributed by atoms with Gasteiger partial charge in [0.2, 0.25) is 5.91 Å². The minimum atomic E-state index is -0.896. The van der Waals surface area contributed by atoms with Crippen LogP contribution in [0.1, 0.15) is 0 Å². The predicted octanol–water partition coefficient (Wildman–Crippen LogP) is 1.18. The van der Waals surface area contributed by atoms with Gasteiger partial charge in [0.25, 0.3) is 0 Å². The Labute approximate surface area is 151 Å². The first kappa shape index (κ1) is 19.4. The Hall–Kier alpha value is -1.93. The molecule has 0 bridgehead atoms. The summed E-state index contributed by atoms with van der Waals surface area (Å²) in [4.78, 5) is 26.6. The highest BCUT2D eigenvalue weighted by atomic mass is 32.2. The van der Waals surface area contributed by atoms with E-state index in [1.165, 1.54) is 0 Å². The molecule has 0 unspecified atom stereocenters. The lowest BCUT2D eigenvalue weighted by molar-refractivity contribution is -0.133. The van der Waals surface area contributed by atoms with Gasteiger partial charge in [-0.15, -0.1) is 11.8 Å². The number of amides is 1. The van der Waals surface area contributed by atoms with Crippen LogP contribution in [0.25, 0.3) is 0 Å². The second-order valence-corrected chi connectivity index (χ2v) is 6.55. The number of carboxylic acid groups (broad SMARTS) is 1. The Morgan fingerprint density at radius 2 is 1.84 bits per heavy atom. The predicted molar refractivity (Wildman–Crippen MR) is 97.6 cm³/mol. The fourth-order valence-electron chi connectivity index (χ4n) is 2.59. The van der Waals surface area contributed by atoms with Gasteiger partial charge in [-0.1, -0.05) is 12.1 Å². The molecule has 7 nitrogen and oxygen atoms in total. The van der Waals surface area contributed by atoms with Crippen LogP contribution in [0, 0.1) is 0 Å². The van der Waals surface area contributed by atoms with Crippen LogP contribution in [0.3, 0.4) is 0 Å². The van der Waals surface area contributed by atoms with Gasteiger partial charge in [-0.05, 0) is 12.1 Å². The molecule has 1 saturated heterocycles. The summed E-state index contributed by atoms with van der Waals surface area (Å²) in [5, 5.41) is 8.63. The second kappa shape index (κ2) is 10.1. The molecule has 1 aromatic rings. The normalized spacial score (nSPS) is 14.4. The molecule has 1 aliphatic heterocycles. The molecule has 0 spiro atoms. The summed E-state index contributed by atoms with van der Waals surface area (Å²) in [6.45, 7) is 3.72. The molecule has 25 heavy (non-hydrogen) atoms. The number of nitrogens with zero attached hydrogens (tertiary/aromatic N) is 2. The second-order valence-electron chi connectivity index (χ2n) is 5.56. The molecule has 1 aliphatic rings. The number of methoxy groups -OCH3 is 1. The van der Waals surface area contributed by atoms with Crippen molar-refractivity contribution in [1.82, 2.24) is 4.90 Å². The van der Waals surface area contributed by atoms with Crippen molar-refractivity contribution in [2.24, 2.45) is 0 Å². The third kappa shape index (κ3) is 6.13. The highest BCUT2D eigenvalue weighted by molar-refractivity contribution is 8.00. The first-order chi connectivity index (χ1) is 12.1. The summed E-state index contributed by atoms with van der Waals surface area (Å²) < 4.78 is 10.8. The molecular formula is C17H24N2O5S. The zero-order chi connectivity index (χ0) is 18.1. The van der Waals surface area contributed by atoms with Crippen molar-refractivity contribution in [3.63, 3.8) is 0 Å². The van der Waals surface area contributed by atoms with Gasteiger partial charge in [-0.2, -0.15) is 0 Å². The number of ether oxygens (including phenoxy) is 2. The number of benzene rings is 1. The van der Waals surface area contributed by atoms with Gasteiger partial charge < -0.3 is 24.4 Å². The van der Waals surface area contributed by atoms with Crippen molar-refractivity contribution in [2.45, 2.75) is 0 Å². The van der Waals surface area contributed by atoms with Crippen molar-refractivity contribution >= 4 is 29.3 Å². The van der Waals surface area contributed by atoms with Gasteiger partial charge in [0.15, 0.2) is 0 Å². The minimum absolute atomic E-state index is 0.00414. The van der Waals surface area contributed by atoms with E-state index in [1.807, 2.05) is 24.3 Å². The van der Waals surface area contributed by atoms with Crippen LogP contribution in [0.15, 0.2) is 24.3 Å². The first-order valence-electron chi connectivity index (χ1n) is 8.15. The van der Waals surface area contributed by atoms with Crippen molar-refractivity contribution in [2.75, 3.05) is 62.9 Å². The minimum Gasteiger partial charge on any atom is -0.489 e. The topological polar surface area (TPSA) is 79.3 Å². The molecule has 0 aliphatic carbocycles. The number of para-hydroxylation sites is 2. The van der Waals surface area contributed by atoms with Crippen molar-refractivity contribution in [3.05, 3.63) is 24.3 Å². The van der Waals surface area contributed by atoms with E-state index < -0.39 is 5.97 Å². The van der Waals surface area contributed by atoms with Crippen LogP contribution >= 0.6 is 11.8 Å². The Morgan fingerprint density at radius 1 is 1.12 bits per heavy atom. The number of aliphatic carboxylic acids is 1. The SMILES string of the molecule is COCCOc1ccccc1N1CCN(C(=O)CSCC(=O)O)CC1. The maximum Gasteiger partial charge on any atom is 0.313 e. The highest BCUT2D eigenvalue weighted by Crippen LogP contribution is 2.28. The van der Waals surface area contributed by atoms with E-state index in [0.717, 1.165) is 36.3 Å². The zero-order valence-electron chi connectivity index (χ0n) is 14.3. The van der Waals surface area contributed by atoms with E-state index in [9.17, 15) is 9.59 Å². The third-order valence-corrected chi connectivity index (χ3v) is 4.74. The molecule has 1 fully saturated rings. The number of thioether (sulfide) groups is 1. The fraction of sp³-hybridized carbons (Fsp3) is 0.529. The van der Waals surface area contributed by atoms with E-state index in [2.05, 4.69) is 4.90 Å². The van der Waals surface area contributed by atoms with E-state index in [0.29, 0.717) is 26.3 Å². The lowest BCUT2D eigenvalue weighted by atomic mass is 10.2. The van der Waals surface area contributed by atoms with Crippen LogP contribution < -0.4 is 9.64 Å². The average molecular weight is 368 g/mol. The van der Waals surface area contributed by atoms with Crippen LogP contribution in [-0.4, -0.2) is 79.9 Å². The molecule has 0 saturated carbocycles. The number of rotatable bonds is 9. The van der Waals surface area contributed by atoms with Gasteiger partial charge >= 0.3 is 5.97 Å². The molecule has 0 aromatic heterocycles. The van der Waals surface area contributed by atoms with Crippen LogP contribution in [0.5, 0.6) is 5.75 Å². The molecule has 0 radical (unpaired) electrons. The number of hydrogen-bond acceptors (Lipinski definition) is 6. The van der Waals surface area contributed by atoms with Crippen molar-refractivity contribution < 1.29 is 24.2 Å². The van der Waals surface area contributed by atoms with E-state index >= 15 is 0 Å². The van der Waals surface area contributed by atoms with Gasteiger partial charge in [0.1, 0.15) is 12.4 Å². The first-order valence-corrected chi connectivity index (χ1v) is 9.30. The Balaban J connectivity index is 1.85. The quantitative estimate of drug-likeness (QED) is 0.656. The summed E-state index contributed by atoms with van der Waals surface area (Å²) in [5.74, 6) is 0.0838. The van der Waals surface area contributed by atoms with Gasteiger partial charge in [0, 0.05) is 33.3 Å². The summed E-state index contributed by atoms with van der Waals surface area (Å²) in [6, 6.07) is 7.86. The number of carbonyl (C=O) groups is 2. The lowest BCUT2D eigenvalue weighted by Gasteiger charge is -2.36. The number of carboxylic acids is 1. The zero-order valence-corrected chi connectivity index (χ0v) is 15.2. The number of hydrogen-bond donors (Lipinski definition) is 1. The molecule has 1 aromatic carbocycles. The van der Waals surface area contributed by atoms with Crippen LogP contribution in [0.4, 0.5) is 5.69 Å². The standard InChI is InChI=1S/C17H24N2O5S/c1-23-10-11-24-15-5-3-2-4-14(15)18-6-8-19(9-7-18)16(20)12-25-13-17(21)22/h2-5H,6-13H2,1H3,(H,21,22). The summed E-state index contributed by atoms with van der Waals surface area (Å²) in [6.07, 6.45) is 0. The molecule has 2 rings (SSSR count). The number of anilines is 1. The summed E-state index contributed by atoms with van der Waals surface area (Å²) in [7, 11) is 1.64. The lowest BCUT2D eigenvalue weighted by Crippen LogP contribution is -2.49. The van der Waals surface area contributed by atoms with E-state index in [4.69, 9.17) is 14.6 Å². The van der Waals surface area contributed by atoms with Gasteiger partial charge in [-0.3, -0.25) is 9.59 Å². The van der Waals surface area contributed by atoms with E-state index in [1.54, 1.807) is 12.0 Å². The fourth-order valence-corrected chi connectivity index (χ4v) is 3.22. The molecule has 138 valence electrons. The number of carbonyl (C=O) groups excluding carboxylic acids is 1. The third-order valence-electron chi connectivity index (χ3n) is 3.83. The Morgan fingerprint density at radius 3 is 2.52 bits per heavy atom.